The third kappa shape index (κ3) is 7.58. The van der Waals surface area contributed by atoms with E-state index in [1.54, 1.807) is 13.1 Å². The van der Waals surface area contributed by atoms with Crippen LogP contribution >= 0.6 is 0 Å². The monoisotopic (exact) mass is 654 g/mol. The molecule has 17 nitrogen and oxygen atoms in total. The minimum atomic E-state index is -1.75. The van der Waals surface area contributed by atoms with Crippen LogP contribution in [-0.2, 0) is 23.8 Å². The quantitative estimate of drug-likeness (QED) is 0.103. The Hall–Kier alpha value is -3.00. The first kappa shape index (κ1) is 35.8. The van der Waals surface area contributed by atoms with Gasteiger partial charge in [0.05, 0.1) is 0 Å². The fourth-order valence-corrected chi connectivity index (χ4v) is 5.97. The van der Waals surface area contributed by atoms with Crippen molar-refractivity contribution in [2.45, 2.75) is 100 Å². The third-order valence-corrected chi connectivity index (χ3v) is 8.67. The zero-order valence-corrected chi connectivity index (χ0v) is 26.2. The van der Waals surface area contributed by atoms with Crippen molar-refractivity contribution in [3.63, 3.8) is 0 Å². The SMILES string of the molecule is CCCCCCCNC(=O)C1=CCN(C)[C@@H]([C@H](O[C@@H]2O[C@H](CN)[C@@H](O)[C@H]2O)[C@H]2O[C@@H](n3ccc(=O)[nH]c3=O)[C@H](O)[C@@H]2O)C(=O)N1C. The van der Waals surface area contributed by atoms with Gasteiger partial charge in [0, 0.05) is 38.9 Å². The number of rotatable bonds is 13. The van der Waals surface area contributed by atoms with Gasteiger partial charge in [-0.25, -0.2) is 4.79 Å². The number of likely N-dealkylation sites (N-methyl/N-ethyl adjacent to an activating group) is 2. The standard InChI is InChI=1S/C29H46N6O11/c1-4-5-6-7-8-11-31-25(41)15-9-12-33(2)18(26(42)34(15)3)23(46-28-22(40)19(37)16(14-30)44-28)24-20(38)21(39)27(45-24)35-13-10-17(36)32-29(35)43/h9-10,13,16,18-24,27-28,37-40H,4-8,11-12,14,30H2,1-3H3,(H,31,41)(H,32,36,43)/t16-,18+,19-,20+,21-,22-,23+,24+,27-,28+/m1/s1. The molecule has 8 N–H and O–H groups in total. The maximum atomic E-state index is 14.1. The number of aromatic amines is 1. The van der Waals surface area contributed by atoms with Crippen molar-refractivity contribution in [1.29, 1.82) is 0 Å². The molecule has 2 saturated heterocycles. The zero-order valence-electron chi connectivity index (χ0n) is 26.2. The number of carbonyl (C=O) groups excluding carboxylic acids is 2. The zero-order chi connectivity index (χ0) is 33.7. The van der Waals surface area contributed by atoms with Gasteiger partial charge in [-0.05, 0) is 19.5 Å². The molecule has 258 valence electrons. The van der Waals surface area contributed by atoms with Crippen LogP contribution in [0.15, 0.2) is 33.6 Å². The fraction of sp³-hybridized carbons (Fsp3) is 0.724. The summed E-state index contributed by atoms with van der Waals surface area (Å²) in [5, 5.41) is 46.1. The maximum absolute atomic E-state index is 14.1. The molecule has 0 radical (unpaired) electrons. The van der Waals surface area contributed by atoms with Gasteiger partial charge < -0.3 is 50.6 Å². The molecule has 3 aliphatic heterocycles. The van der Waals surface area contributed by atoms with E-state index in [2.05, 4.69) is 17.2 Å². The molecule has 10 atom stereocenters. The lowest BCUT2D eigenvalue weighted by molar-refractivity contribution is -0.232. The molecule has 17 heteroatoms. The fourth-order valence-electron chi connectivity index (χ4n) is 5.97. The summed E-state index contributed by atoms with van der Waals surface area (Å²) < 4.78 is 18.6. The number of hydrogen-bond acceptors (Lipinski definition) is 13. The van der Waals surface area contributed by atoms with Crippen LogP contribution in [0.25, 0.3) is 0 Å². The van der Waals surface area contributed by atoms with E-state index in [-0.39, 0.29) is 18.8 Å². The van der Waals surface area contributed by atoms with Crippen molar-refractivity contribution < 1.29 is 44.2 Å². The Morgan fingerprint density at radius 2 is 1.78 bits per heavy atom. The van der Waals surface area contributed by atoms with Gasteiger partial charge in [-0.2, -0.15) is 0 Å². The number of aromatic nitrogens is 2. The minimum Gasteiger partial charge on any atom is -0.387 e. The number of ether oxygens (including phenoxy) is 3. The van der Waals surface area contributed by atoms with Gasteiger partial charge in [0.1, 0.15) is 54.5 Å². The van der Waals surface area contributed by atoms with Crippen molar-refractivity contribution in [2.75, 3.05) is 33.7 Å². The highest BCUT2D eigenvalue weighted by Crippen LogP contribution is 2.36. The smallest absolute Gasteiger partial charge is 0.330 e. The molecule has 0 saturated carbocycles. The Balaban J connectivity index is 1.61. The van der Waals surface area contributed by atoms with Gasteiger partial charge in [-0.15, -0.1) is 0 Å². The number of aliphatic hydroxyl groups is 4. The number of carbonyl (C=O) groups is 2. The lowest BCUT2D eigenvalue weighted by Crippen LogP contribution is -2.59. The van der Waals surface area contributed by atoms with Crippen molar-refractivity contribution >= 4 is 11.8 Å². The lowest BCUT2D eigenvalue weighted by Gasteiger charge is -2.38. The van der Waals surface area contributed by atoms with E-state index in [0.717, 1.165) is 53.8 Å². The first-order valence-electron chi connectivity index (χ1n) is 15.6. The van der Waals surface area contributed by atoms with Crippen LogP contribution < -0.4 is 22.3 Å². The van der Waals surface area contributed by atoms with Crippen LogP contribution in [0, 0.1) is 0 Å². The summed E-state index contributed by atoms with van der Waals surface area (Å²) in [4.78, 5) is 56.1. The topological polar surface area (TPSA) is 242 Å². The van der Waals surface area contributed by atoms with E-state index in [4.69, 9.17) is 19.9 Å². The summed E-state index contributed by atoms with van der Waals surface area (Å²) in [7, 11) is 2.99. The number of aliphatic hydroxyl groups excluding tert-OH is 4. The van der Waals surface area contributed by atoms with Crippen molar-refractivity contribution in [3.8, 4) is 0 Å². The van der Waals surface area contributed by atoms with Crippen LogP contribution in [0.2, 0.25) is 0 Å². The summed E-state index contributed by atoms with van der Waals surface area (Å²) in [6.07, 6.45) is -5.90. The molecular formula is C29H46N6O11. The molecule has 2 fully saturated rings. The van der Waals surface area contributed by atoms with Gasteiger partial charge in [0.25, 0.3) is 11.5 Å². The molecular weight excluding hydrogens is 608 g/mol. The Labute approximate surface area is 265 Å². The van der Waals surface area contributed by atoms with Crippen molar-refractivity contribution in [3.05, 3.63) is 44.9 Å². The molecule has 2 amide bonds. The van der Waals surface area contributed by atoms with Gasteiger partial charge in [-0.1, -0.05) is 32.6 Å². The van der Waals surface area contributed by atoms with Gasteiger partial charge in [-0.3, -0.25) is 28.8 Å². The highest BCUT2D eigenvalue weighted by Gasteiger charge is 2.55. The molecule has 4 heterocycles. The van der Waals surface area contributed by atoms with E-state index >= 15 is 0 Å². The number of H-pyrrole nitrogens is 1. The molecule has 3 aliphatic rings. The molecule has 0 spiro atoms. The molecule has 1 aromatic rings. The second kappa shape index (κ2) is 15.7. The second-order valence-electron chi connectivity index (χ2n) is 11.9. The van der Waals surface area contributed by atoms with E-state index in [9.17, 15) is 39.6 Å². The minimum absolute atomic E-state index is 0.0656. The molecule has 0 bridgehead atoms. The summed E-state index contributed by atoms with van der Waals surface area (Å²) in [5.41, 5.74) is 4.15. The van der Waals surface area contributed by atoms with Crippen LogP contribution in [0.5, 0.6) is 0 Å². The predicted molar refractivity (Wildman–Crippen MR) is 161 cm³/mol. The Morgan fingerprint density at radius 3 is 2.43 bits per heavy atom. The molecule has 0 aromatic carbocycles. The summed E-state index contributed by atoms with van der Waals surface area (Å²) in [6, 6.07) is -0.271. The lowest BCUT2D eigenvalue weighted by atomic mass is 9.97. The average molecular weight is 655 g/mol. The van der Waals surface area contributed by atoms with Crippen LogP contribution in [0.1, 0.15) is 45.3 Å². The number of hydrogen-bond donors (Lipinski definition) is 7. The molecule has 1 aromatic heterocycles. The Kier molecular flexibility index (Phi) is 12.3. The maximum Gasteiger partial charge on any atom is 0.330 e. The Morgan fingerprint density at radius 1 is 1.07 bits per heavy atom. The van der Waals surface area contributed by atoms with Crippen LogP contribution in [0.4, 0.5) is 0 Å². The van der Waals surface area contributed by atoms with E-state index < -0.39 is 84.4 Å². The molecule has 0 unspecified atom stereocenters. The summed E-state index contributed by atoms with van der Waals surface area (Å²) in [5.74, 6) is -1.10. The van der Waals surface area contributed by atoms with E-state index in [1.807, 2.05) is 0 Å². The number of nitrogens with one attached hydrogen (secondary N) is 2. The first-order valence-corrected chi connectivity index (χ1v) is 15.6. The summed E-state index contributed by atoms with van der Waals surface area (Å²) >= 11 is 0. The number of nitrogens with two attached hydrogens (primary N) is 1. The van der Waals surface area contributed by atoms with Crippen LogP contribution in [-0.4, -0.2) is 140 Å². The van der Waals surface area contributed by atoms with E-state index in [0.29, 0.717) is 6.54 Å². The first-order chi connectivity index (χ1) is 21.9. The highest BCUT2D eigenvalue weighted by molar-refractivity contribution is 5.99. The van der Waals surface area contributed by atoms with Crippen molar-refractivity contribution in [1.82, 2.24) is 24.7 Å². The van der Waals surface area contributed by atoms with Crippen LogP contribution in [0.3, 0.4) is 0 Å². The molecule has 46 heavy (non-hydrogen) atoms. The Bertz CT molecular complexity index is 1350. The van der Waals surface area contributed by atoms with Crippen molar-refractivity contribution in [2.24, 2.45) is 5.73 Å². The summed E-state index contributed by atoms with van der Waals surface area (Å²) in [6.45, 7) is 2.45. The largest absolute Gasteiger partial charge is 0.387 e. The predicted octanol–water partition coefficient (Wildman–Crippen LogP) is -3.31. The second-order valence-corrected chi connectivity index (χ2v) is 11.9. The van der Waals surface area contributed by atoms with E-state index in [1.165, 1.54) is 11.9 Å². The normalized spacial score (nSPS) is 32.8. The average Bonchev–Trinajstić information content (AvgIpc) is 3.43. The number of unbranched alkanes of at least 4 members (excludes halogenated alkanes) is 4. The number of nitrogens with zero attached hydrogens (tertiary/aromatic N) is 3. The highest BCUT2D eigenvalue weighted by atomic mass is 16.7. The van der Waals surface area contributed by atoms with Gasteiger partial charge in [0.2, 0.25) is 5.91 Å². The molecule has 0 aliphatic carbocycles. The van der Waals surface area contributed by atoms with Gasteiger partial charge in [0.15, 0.2) is 12.5 Å². The third-order valence-electron chi connectivity index (χ3n) is 8.67. The van der Waals surface area contributed by atoms with Gasteiger partial charge >= 0.3 is 5.69 Å². The molecule has 4 rings (SSSR count). The number of amides is 2.